The predicted octanol–water partition coefficient (Wildman–Crippen LogP) is 2.64. The lowest BCUT2D eigenvalue weighted by atomic mass is 9.92. The van der Waals surface area contributed by atoms with Crippen molar-refractivity contribution in [3.63, 3.8) is 0 Å². The Bertz CT molecular complexity index is 876. The van der Waals surface area contributed by atoms with E-state index in [4.69, 9.17) is 0 Å². The summed E-state index contributed by atoms with van der Waals surface area (Å²) in [5.74, 6) is -0.0718. The topological polar surface area (TPSA) is 104 Å². The van der Waals surface area contributed by atoms with Gasteiger partial charge in [0.25, 0.3) is 0 Å². The van der Waals surface area contributed by atoms with Crippen molar-refractivity contribution in [3.05, 3.63) is 46.4 Å². The number of amides is 1. The Labute approximate surface area is 168 Å². The van der Waals surface area contributed by atoms with Gasteiger partial charge in [0.05, 0.1) is 11.8 Å². The van der Waals surface area contributed by atoms with E-state index in [-0.39, 0.29) is 17.3 Å². The molecule has 2 N–H and O–H groups in total. The molecule has 0 bridgehead atoms. The molecule has 28 heavy (non-hydrogen) atoms. The maximum Gasteiger partial charge on any atom is 0.343 e. The molecule has 1 aromatic heterocycles. The SMILES string of the molecule is N#CC1(NC(=O)CSc2n[nH]c(=O)n2CCc2ccccc2)CCCCCC1. The number of rotatable bonds is 7. The first-order valence-electron chi connectivity index (χ1n) is 9.66. The van der Waals surface area contributed by atoms with Crippen LogP contribution in [0.5, 0.6) is 0 Å². The lowest BCUT2D eigenvalue weighted by Crippen LogP contribution is -2.47. The van der Waals surface area contributed by atoms with Gasteiger partial charge in [0.2, 0.25) is 5.91 Å². The van der Waals surface area contributed by atoms with Crippen molar-refractivity contribution in [2.45, 2.75) is 62.2 Å². The fourth-order valence-corrected chi connectivity index (χ4v) is 4.30. The maximum absolute atomic E-state index is 12.4. The van der Waals surface area contributed by atoms with Crippen molar-refractivity contribution in [1.29, 1.82) is 5.26 Å². The summed E-state index contributed by atoms with van der Waals surface area (Å²) >= 11 is 1.21. The third kappa shape index (κ3) is 5.26. The van der Waals surface area contributed by atoms with Crippen LogP contribution in [-0.4, -0.2) is 32.0 Å². The number of carbonyl (C=O) groups is 1. The molecule has 2 aromatic rings. The normalized spacial score (nSPS) is 16.1. The van der Waals surface area contributed by atoms with E-state index in [1.165, 1.54) is 11.8 Å². The summed E-state index contributed by atoms with van der Waals surface area (Å²) in [6, 6.07) is 12.2. The molecule has 1 amide bonds. The van der Waals surface area contributed by atoms with Gasteiger partial charge in [-0.2, -0.15) is 5.26 Å². The lowest BCUT2D eigenvalue weighted by Gasteiger charge is -2.26. The number of H-pyrrole nitrogens is 1. The second kappa shape index (κ2) is 9.60. The standard InChI is InChI=1S/C20H25N5O2S/c21-15-20(11-6-1-2-7-12-20)22-17(26)14-28-19-24-23-18(27)25(19)13-10-16-8-4-3-5-9-16/h3-5,8-9H,1-2,6-7,10-14H2,(H,22,26)(H,23,27). The van der Waals surface area contributed by atoms with Gasteiger partial charge in [-0.05, 0) is 24.8 Å². The predicted molar refractivity (Wildman–Crippen MR) is 108 cm³/mol. The third-order valence-electron chi connectivity index (χ3n) is 5.07. The van der Waals surface area contributed by atoms with E-state index in [2.05, 4.69) is 21.6 Å². The molecule has 3 rings (SSSR count). The van der Waals surface area contributed by atoms with Crippen molar-refractivity contribution in [3.8, 4) is 6.07 Å². The summed E-state index contributed by atoms with van der Waals surface area (Å²) in [6.45, 7) is 0.492. The Morgan fingerprint density at radius 2 is 1.96 bits per heavy atom. The monoisotopic (exact) mass is 399 g/mol. The van der Waals surface area contributed by atoms with Crippen LogP contribution in [0.25, 0.3) is 0 Å². The van der Waals surface area contributed by atoms with E-state index >= 15 is 0 Å². The summed E-state index contributed by atoms with van der Waals surface area (Å²) in [7, 11) is 0. The van der Waals surface area contributed by atoms with E-state index in [1.54, 1.807) is 4.57 Å². The van der Waals surface area contributed by atoms with Gasteiger partial charge >= 0.3 is 5.69 Å². The summed E-state index contributed by atoms with van der Waals surface area (Å²) in [4.78, 5) is 24.5. The van der Waals surface area contributed by atoms with Crippen molar-refractivity contribution >= 4 is 17.7 Å². The number of hydrogen-bond donors (Lipinski definition) is 2. The average molecular weight is 400 g/mol. The molecule has 1 aliphatic carbocycles. The van der Waals surface area contributed by atoms with E-state index in [0.29, 0.717) is 31.0 Å². The molecule has 0 saturated heterocycles. The minimum Gasteiger partial charge on any atom is -0.337 e. The zero-order valence-corrected chi connectivity index (χ0v) is 16.6. The number of nitrogens with one attached hydrogen (secondary N) is 2. The Balaban J connectivity index is 1.57. The van der Waals surface area contributed by atoms with Gasteiger partial charge < -0.3 is 5.32 Å². The van der Waals surface area contributed by atoms with Crippen molar-refractivity contribution in [2.24, 2.45) is 0 Å². The van der Waals surface area contributed by atoms with Crippen molar-refractivity contribution in [2.75, 3.05) is 5.75 Å². The quantitative estimate of drug-likeness (QED) is 0.550. The molecule has 0 atom stereocenters. The van der Waals surface area contributed by atoms with E-state index in [9.17, 15) is 14.9 Å². The van der Waals surface area contributed by atoms with E-state index in [1.807, 2.05) is 30.3 Å². The maximum atomic E-state index is 12.4. The molecule has 1 saturated carbocycles. The number of nitrogens with zero attached hydrogens (tertiary/aromatic N) is 3. The largest absolute Gasteiger partial charge is 0.343 e. The molecule has 1 heterocycles. The second-order valence-corrected chi connectivity index (χ2v) is 8.09. The highest BCUT2D eigenvalue weighted by Gasteiger charge is 2.32. The van der Waals surface area contributed by atoms with Crippen LogP contribution >= 0.6 is 11.8 Å². The fraction of sp³-hybridized carbons (Fsp3) is 0.500. The van der Waals surface area contributed by atoms with Gasteiger partial charge in [-0.1, -0.05) is 67.8 Å². The number of benzene rings is 1. The van der Waals surface area contributed by atoms with Gasteiger partial charge in [-0.25, -0.2) is 9.89 Å². The minimum atomic E-state index is -0.757. The minimum absolute atomic E-state index is 0.124. The fourth-order valence-electron chi connectivity index (χ4n) is 3.53. The van der Waals surface area contributed by atoms with Gasteiger partial charge in [-0.3, -0.25) is 9.36 Å². The van der Waals surface area contributed by atoms with Crippen LogP contribution in [0.4, 0.5) is 0 Å². The first kappa shape index (κ1) is 20.2. The Morgan fingerprint density at radius 1 is 1.25 bits per heavy atom. The first-order chi connectivity index (χ1) is 13.6. The summed E-state index contributed by atoms with van der Waals surface area (Å²) in [5, 5.41) is 19.5. The molecule has 1 fully saturated rings. The third-order valence-corrected chi connectivity index (χ3v) is 6.05. The molecule has 0 spiro atoms. The summed E-state index contributed by atoms with van der Waals surface area (Å²) in [5.41, 5.74) is 0.0943. The van der Waals surface area contributed by atoms with Crippen LogP contribution in [0.2, 0.25) is 0 Å². The molecule has 0 aliphatic heterocycles. The molecule has 1 aromatic carbocycles. The number of hydrogen-bond acceptors (Lipinski definition) is 5. The Hall–Kier alpha value is -2.53. The van der Waals surface area contributed by atoms with Crippen LogP contribution in [0.3, 0.4) is 0 Å². The molecule has 0 radical (unpaired) electrons. The smallest absolute Gasteiger partial charge is 0.337 e. The molecule has 0 unspecified atom stereocenters. The number of aryl methyl sites for hydroxylation is 1. The van der Waals surface area contributed by atoms with E-state index < -0.39 is 5.54 Å². The Morgan fingerprint density at radius 3 is 2.64 bits per heavy atom. The van der Waals surface area contributed by atoms with Crippen LogP contribution in [0.1, 0.15) is 44.1 Å². The molecule has 148 valence electrons. The number of nitriles is 1. The van der Waals surface area contributed by atoms with Gasteiger partial charge in [0.1, 0.15) is 5.54 Å². The van der Waals surface area contributed by atoms with Gasteiger partial charge in [0, 0.05) is 6.54 Å². The van der Waals surface area contributed by atoms with Crippen LogP contribution in [0.15, 0.2) is 40.3 Å². The highest BCUT2D eigenvalue weighted by Crippen LogP contribution is 2.27. The van der Waals surface area contributed by atoms with E-state index in [0.717, 1.165) is 31.2 Å². The average Bonchev–Trinajstić information content (AvgIpc) is 2.90. The number of aromatic amines is 1. The molecular weight excluding hydrogens is 374 g/mol. The Kier molecular flexibility index (Phi) is 6.93. The second-order valence-electron chi connectivity index (χ2n) is 7.14. The summed E-state index contributed by atoms with van der Waals surface area (Å²) in [6.07, 6.45) is 6.23. The number of aromatic nitrogens is 3. The molecule has 1 aliphatic rings. The van der Waals surface area contributed by atoms with Crippen LogP contribution < -0.4 is 11.0 Å². The summed E-state index contributed by atoms with van der Waals surface area (Å²) < 4.78 is 1.55. The highest BCUT2D eigenvalue weighted by molar-refractivity contribution is 7.99. The number of thioether (sulfide) groups is 1. The molecule has 7 nitrogen and oxygen atoms in total. The van der Waals surface area contributed by atoms with Gasteiger partial charge in [0.15, 0.2) is 5.16 Å². The lowest BCUT2D eigenvalue weighted by molar-refractivity contribution is -0.120. The highest BCUT2D eigenvalue weighted by atomic mass is 32.2. The zero-order valence-electron chi connectivity index (χ0n) is 15.8. The van der Waals surface area contributed by atoms with Crippen molar-refractivity contribution in [1.82, 2.24) is 20.1 Å². The first-order valence-corrected chi connectivity index (χ1v) is 10.6. The number of carbonyl (C=O) groups excluding carboxylic acids is 1. The van der Waals surface area contributed by atoms with Crippen LogP contribution in [-0.2, 0) is 17.8 Å². The van der Waals surface area contributed by atoms with Crippen molar-refractivity contribution < 1.29 is 4.79 Å². The molecule has 8 heteroatoms. The molecular formula is C20H25N5O2S. The van der Waals surface area contributed by atoms with Gasteiger partial charge in [-0.15, -0.1) is 5.10 Å². The zero-order chi connectivity index (χ0) is 19.8. The van der Waals surface area contributed by atoms with Crippen LogP contribution in [0, 0.1) is 11.3 Å².